The fraction of sp³-hybridized carbons (Fsp3) is 0.417. The van der Waals surface area contributed by atoms with Gasteiger partial charge in [-0.1, -0.05) is 34.5 Å². The van der Waals surface area contributed by atoms with Crippen LogP contribution >= 0.6 is 46.9 Å². The van der Waals surface area contributed by atoms with Crippen molar-refractivity contribution in [1.29, 1.82) is 0 Å². The summed E-state index contributed by atoms with van der Waals surface area (Å²) in [4.78, 5) is 22.1. The minimum atomic E-state index is -3.63. The second kappa shape index (κ2) is 12.9. The highest BCUT2D eigenvalue weighted by molar-refractivity contribution is 7.91. The molecule has 3 aromatic rings. The van der Waals surface area contributed by atoms with E-state index in [2.05, 4.69) is 4.90 Å². The molecule has 7 nitrogen and oxygen atoms in total. The maximum atomic E-state index is 13.3. The van der Waals surface area contributed by atoms with Crippen molar-refractivity contribution in [3.05, 3.63) is 52.0 Å². The number of sulfone groups is 1. The number of anilines is 1. The number of carbonyl (C=O) groups is 1. The van der Waals surface area contributed by atoms with Gasteiger partial charge in [0.25, 0.3) is 0 Å². The number of carbonyl (C=O) groups excluding carboxylic acids is 1. The van der Waals surface area contributed by atoms with Crippen molar-refractivity contribution in [2.24, 2.45) is 0 Å². The molecule has 36 heavy (non-hydrogen) atoms. The summed E-state index contributed by atoms with van der Waals surface area (Å²) in [6, 6.07) is 9.67. The minimum Gasteiger partial charge on any atom is -0.379 e. The molecule has 0 N–H and O–H groups in total. The van der Waals surface area contributed by atoms with Crippen LogP contribution in [0.4, 0.5) is 5.13 Å². The molecule has 1 amide bonds. The van der Waals surface area contributed by atoms with Gasteiger partial charge in [-0.25, -0.2) is 13.4 Å². The second-order valence-electron chi connectivity index (χ2n) is 8.44. The maximum absolute atomic E-state index is 13.3. The maximum Gasteiger partial charge on any atom is 0.229 e. The van der Waals surface area contributed by atoms with E-state index in [9.17, 15) is 13.2 Å². The van der Waals surface area contributed by atoms with Crippen molar-refractivity contribution in [2.75, 3.05) is 50.0 Å². The zero-order valence-corrected chi connectivity index (χ0v) is 23.7. The molecule has 2 aromatic carbocycles. The summed E-state index contributed by atoms with van der Waals surface area (Å²) in [5.74, 6) is -0.560. The predicted molar refractivity (Wildman–Crippen MR) is 149 cm³/mol. The lowest BCUT2D eigenvalue weighted by Crippen LogP contribution is -2.39. The Morgan fingerprint density at radius 3 is 2.53 bits per heavy atom. The number of halogens is 3. The molecular formula is C24H28Cl3N3O4S2. The van der Waals surface area contributed by atoms with Crippen LogP contribution in [0, 0.1) is 6.92 Å². The first kappa shape index (κ1) is 29.1. The Morgan fingerprint density at radius 1 is 1.14 bits per heavy atom. The molecule has 0 unspecified atom stereocenters. The van der Waals surface area contributed by atoms with Gasteiger partial charge in [-0.3, -0.25) is 14.6 Å². The Hall–Kier alpha value is -1.46. The van der Waals surface area contributed by atoms with Crippen LogP contribution in [0.1, 0.15) is 18.4 Å². The van der Waals surface area contributed by atoms with Crippen molar-refractivity contribution in [3.8, 4) is 0 Å². The Labute approximate surface area is 231 Å². The Morgan fingerprint density at radius 2 is 1.83 bits per heavy atom. The summed E-state index contributed by atoms with van der Waals surface area (Å²) >= 11 is 13.5. The largest absolute Gasteiger partial charge is 0.379 e. The molecule has 0 radical (unpaired) electrons. The van der Waals surface area contributed by atoms with E-state index in [0.29, 0.717) is 34.9 Å². The van der Waals surface area contributed by atoms with Gasteiger partial charge in [-0.2, -0.15) is 0 Å². The number of rotatable bonds is 9. The first-order valence-electron chi connectivity index (χ1n) is 11.4. The van der Waals surface area contributed by atoms with Crippen molar-refractivity contribution in [2.45, 2.75) is 24.7 Å². The van der Waals surface area contributed by atoms with Crippen LogP contribution in [0.3, 0.4) is 0 Å². The van der Waals surface area contributed by atoms with Gasteiger partial charge in [-0.05, 0) is 55.3 Å². The molecule has 0 saturated carbocycles. The van der Waals surface area contributed by atoms with E-state index in [4.69, 9.17) is 32.9 Å². The number of thiazole rings is 1. The van der Waals surface area contributed by atoms with Crippen LogP contribution < -0.4 is 4.90 Å². The summed E-state index contributed by atoms with van der Waals surface area (Å²) in [5.41, 5.74) is 1.73. The van der Waals surface area contributed by atoms with Crippen molar-refractivity contribution < 1.29 is 17.9 Å². The molecule has 1 saturated heterocycles. The lowest BCUT2D eigenvalue weighted by Gasteiger charge is -2.27. The van der Waals surface area contributed by atoms with Crippen molar-refractivity contribution >= 4 is 78.0 Å². The number of hydrogen-bond acceptors (Lipinski definition) is 7. The van der Waals surface area contributed by atoms with Gasteiger partial charge in [-0.15, -0.1) is 12.4 Å². The molecule has 1 aliphatic rings. The molecule has 2 heterocycles. The molecule has 196 valence electrons. The summed E-state index contributed by atoms with van der Waals surface area (Å²) in [6.45, 7) is 6.36. The molecule has 1 aromatic heterocycles. The van der Waals surface area contributed by atoms with E-state index in [1.807, 2.05) is 19.1 Å². The lowest BCUT2D eigenvalue weighted by molar-refractivity contribution is -0.118. The van der Waals surface area contributed by atoms with Gasteiger partial charge in [0.05, 0.1) is 34.1 Å². The number of ether oxygens (including phenoxy) is 1. The zero-order chi connectivity index (χ0) is 25.0. The van der Waals surface area contributed by atoms with E-state index in [-0.39, 0.29) is 35.4 Å². The fourth-order valence-electron chi connectivity index (χ4n) is 3.98. The first-order valence-corrected chi connectivity index (χ1v) is 14.6. The number of aryl methyl sites for hydroxylation is 1. The van der Waals surface area contributed by atoms with Crippen LogP contribution in [-0.2, 0) is 19.4 Å². The van der Waals surface area contributed by atoms with E-state index in [1.54, 1.807) is 4.90 Å². The second-order valence-corrected chi connectivity index (χ2v) is 12.4. The van der Waals surface area contributed by atoms with E-state index >= 15 is 0 Å². The highest BCUT2D eigenvalue weighted by Gasteiger charge is 2.24. The summed E-state index contributed by atoms with van der Waals surface area (Å²) in [5, 5.41) is 1.63. The predicted octanol–water partition coefficient (Wildman–Crippen LogP) is 5.25. The molecule has 0 atom stereocenters. The third-order valence-electron chi connectivity index (χ3n) is 5.89. The number of hydrogen-bond donors (Lipinski definition) is 0. The first-order chi connectivity index (χ1) is 16.7. The number of morpholine rings is 1. The molecule has 0 spiro atoms. The van der Waals surface area contributed by atoms with Gasteiger partial charge in [0.1, 0.15) is 0 Å². The molecule has 4 rings (SSSR count). The lowest BCUT2D eigenvalue weighted by atomic mass is 10.2. The molecular weight excluding hydrogens is 565 g/mol. The monoisotopic (exact) mass is 591 g/mol. The highest BCUT2D eigenvalue weighted by atomic mass is 35.5. The number of fused-ring (bicyclic) bond motifs is 1. The standard InChI is InChI=1S/C24H27Cl2N3O4S2.ClH/c1-17-15-19(26)16-21-23(17)27-24(34-21)29(9-2-8-28-10-12-33-13-11-28)22(30)7-14-35(31,32)20-5-3-18(25)4-6-20;/h3-6,15-16H,2,7-14H2,1H3;1H. The third kappa shape index (κ3) is 7.31. The number of benzene rings is 2. The van der Waals surface area contributed by atoms with Crippen LogP contribution in [0.2, 0.25) is 10.0 Å². The normalized spacial score (nSPS) is 14.5. The van der Waals surface area contributed by atoms with Gasteiger partial charge in [0, 0.05) is 42.6 Å². The smallest absolute Gasteiger partial charge is 0.229 e. The van der Waals surface area contributed by atoms with E-state index in [0.717, 1.165) is 41.8 Å². The van der Waals surface area contributed by atoms with Crippen LogP contribution in [-0.4, -0.2) is 69.4 Å². The average Bonchev–Trinajstić information content (AvgIpc) is 3.25. The van der Waals surface area contributed by atoms with Crippen LogP contribution in [0.25, 0.3) is 10.2 Å². The number of amides is 1. The van der Waals surface area contributed by atoms with Crippen molar-refractivity contribution in [3.63, 3.8) is 0 Å². The summed E-state index contributed by atoms with van der Waals surface area (Å²) in [6.07, 6.45) is 0.601. The molecule has 1 fully saturated rings. The SMILES string of the molecule is Cc1cc(Cl)cc2sc(N(CCCN3CCOCC3)C(=O)CCS(=O)(=O)c3ccc(Cl)cc3)nc12.Cl. The van der Waals surface area contributed by atoms with Gasteiger partial charge < -0.3 is 4.74 Å². The number of aromatic nitrogens is 1. The summed E-state index contributed by atoms with van der Waals surface area (Å²) in [7, 11) is -3.63. The number of nitrogens with zero attached hydrogens (tertiary/aromatic N) is 3. The Balaban J connectivity index is 0.00000361. The van der Waals surface area contributed by atoms with E-state index < -0.39 is 9.84 Å². The Kier molecular flexibility index (Phi) is 10.4. The Bertz CT molecular complexity index is 1290. The topological polar surface area (TPSA) is 79.8 Å². The molecule has 0 bridgehead atoms. The van der Waals surface area contributed by atoms with Crippen LogP contribution in [0.15, 0.2) is 41.3 Å². The molecule has 0 aliphatic carbocycles. The van der Waals surface area contributed by atoms with Crippen LogP contribution in [0.5, 0.6) is 0 Å². The van der Waals surface area contributed by atoms with Crippen molar-refractivity contribution in [1.82, 2.24) is 9.88 Å². The van der Waals surface area contributed by atoms with Gasteiger partial charge in [0.15, 0.2) is 15.0 Å². The van der Waals surface area contributed by atoms with Gasteiger partial charge in [0.2, 0.25) is 5.91 Å². The van der Waals surface area contributed by atoms with Gasteiger partial charge >= 0.3 is 0 Å². The fourth-order valence-corrected chi connectivity index (χ4v) is 6.80. The average molecular weight is 593 g/mol. The molecule has 1 aliphatic heterocycles. The minimum absolute atomic E-state index is 0. The summed E-state index contributed by atoms with van der Waals surface area (Å²) < 4.78 is 31.9. The molecule has 12 heteroatoms. The van der Waals surface area contributed by atoms with E-state index in [1.165, 1.54) is 35.6 Å². The quantitative estimate of drug-likeness (QED) is 0.338. The highest BCUT2D eigenvalue weighted by Crippen LogP contribution is 2.33. The third-order valence-corrected chi connectivity index (χ3v) is 9.12. The zero-order valence-electron chi connectivity index (χ0n) is 19.8.